The van der Waals surface area contributed by atoms with Crippen molar-refractivity contribution in [2.24, 2.45) is 10.8 Å². The highest BCUT2D eigenvalue weighted by Gasteiger charge is 2.66. The maximum atomic E-state index is 2.52. The van der Waals surface area contributed by atoms with E-state index in [1.807, 2.05) is 96.9 Å². The van der Waals surface area contributed by atoms with E-state index in [1.54, 1.807) is 33.4 Å². The third kappa shape index (κ3) is 7.86. The molecule has 0 N–H and O–H groups in total. The summed E-state index contributed by atoms with van der Waals surface area (Å²) >= 11 is 0. The zero-order chi connectivity index (χ0) is 30.9. The summed E-state index contributed by atoms with van der Waals surface area (Å²) in [5.74, 6) is 0. The molecule has 0 heteroatoms. The number of allylic oxidation sites excluding steroid dienone is 4. The van der Waals surface area contributed by atoms with Gasteiger partial charge in [-0.25, -0.2) is 0 Å². The van der Waals surface area contributed by atoms with Crippen molar-refractivity contribution in [3.8, 4) is 0 Å². The van der Waals surface area contributed by atoms with E-state index in [4.69, 9.17) is 0 Å². The fourth-order valence-corrected chi connectivity index (χ4v) is 5.78. The van der Waals surface area contributed by atoms with Crippen LogP contribution >= 0.6 is 0 Å². The summed E-state index contributed by atoms with van der Waals surface area (Å²) in [7, 11) is 0. The van der Waals surface area contributed by atoms with Gasteiger partial charge in [-0.05, 0) is 116 Å². The van der Waals surface area contributed by atoms with Crippen molar-refractivity contribution in [3.63, 3.8) is 0 Å². The first kappa shape index (κ1) is 42.8. The van der Waals surface area contributed by atoms with Gasteiger partial charge in [-0.15, -0.1) is 0 Å². The van der Waals surface area contributed by atoms with E-state index in [-0.39, 0.29) is 0 Å². The molecule has 1 saturated carbocycles. The van der Waals surface area contributed by atoms with Crippen LogP contribution in [-0.2, 0) is 6.42 Å². The summed E-state index contributed by atoms with van der Waals surface area (Å²) in [6, 6.07) is 0. The molecule has 1 aromatic rings. The lowest BCUT2D eigenvalue weighted by molar-refractivity contribution is 0.477. The molecule has 0 radical (unpaired) electrons. The Morgan fingerprint density at radius 1 is 0.459 bits per heavy atom. The van der Waals surface area contributed by atoms with Crippen LogP contribution in [0.25, 0.3) is 5.57 Å². The Morgan fingerprint density at radius 3 is 1.24 bits per heavy atom. The zero-order valence-corrected chi connectivity index (χ0v) is 30.1. The molecule has 0 heterocycles. The van der Waals surface area contributed by atoms with Crippen LogP contribution in [0, 0.1) is 38.5 Å². The second-order valence-corrected chi connectivity index (χ2v) is 8.80. The Morgan fingerprint density at radius 2 is 0.838 bits per heavy atom. The molecule has 2 atom stereocenters. The van der Waals surface area contributed by atoms with Crippen molar-refractivity contribution >= 4 is 5.57 Å². The van der Waals surface area contributed by atoms with Crippen LogP contribution in [-0.4, -0.2) is 0 Å². The first-order valence-electron chi connectivity index (χ1n) is 16.2. The van der Waals surface area contributed by atoms with Crippen LogP contribution in [0.5, 0.6) is 0 Å². The van der Waals surface area contributed by atoms with Gasteiger partial charge in [0, 0.05) is 0 Å². The van der Waals surface area contributed by atoms with E-state index in [0.717, 1.165) is 0 Å². The van der Waals surface area contributed by atoms with Gasteiger partial charge in [0.25, 0.3) is 0 Å². The zero-order valence-electron chi connectivity index (χ0n) is 30.1. The largest absolute Gasteiger partial charge is 0.0683 e. The summed E-state index contributed by atoms with van der Waals surface area (Å²) in [6.45, 7) is 47.1. The molecule has 3 aliphatic rings. The second-order valence-electron chi connectivity index (χ2n) is 8.80. The molecule has 0 bridgehead atoms. The lowest BCUT2D eigenvalue weighted by atomic mass is 9.66. The molecule has 0 nitrogen and oxygen atoms in total. The van der Waals surface area contributed by atoms with Gasteiger partial charge in [-0.1, -0.05) is 122 Å². The summed E-state index contributed by atoms with van der Waals surface area (Å²) in [4.78, 5) is 0. The lowest BCUT2D eigenvalue weighted by Crippen LogP contribution is -2.24. The van der Waals surface area contributed by atoms with E-state index in [0.29, 0.717) is 10.8 Å². The van der Waals surface area contributed by atoms with Crippen LogP contribution < -0.4 is 0 Å². The molecule has 0 saturated heterocycles. The molecule has 0 amide bonds. The molecular formula is C37H72. The molecule has 3 aliphatic carbocycles. The molecule has 0 aliphatic heterocycles. The van der Waals surface area contributed by atoms with Gasteiger partial charge < -0.3 is 0 Å². The molecule has 220 valence electrons. The highest BCUT2D eigenvalue weighted by Crippen LogP contribution is 2.76. The highest BCUT2D eigenvalue weighted by molar-refractivity contribution is 5.90. The maximum absolute atomic E-state index is 2.52. The normalized spacial score (nSPS) is 20.9. The first-order valence-corrected chi connectivity index (χ1v) is 16.2. The molecule has 1 aromatic carbocycles. The van der Waals surface area contributed by atoms with Crippen molar-refractivity contribution in [2.45, 2.75) is 172 Å². The topological polar surface area (TPSA) is 0 Å². The van der Waals surface area contributed by atoms with Crippen LogP contribution in [0.15, 0.2) is 16.7 Å². The average Bonchev–Trinajstić information content (AvgIpc) is 3.59. The summed E-state index contributed by atoms with van der Waals surface area (Å²) in [5.41, 5.74) is 16.7. The van der Waals surface area contributed by atoms with Gasteiger partial charge in [0.15, 0.2) is 0 Å². The minimum atomic E-state index is 0.419. The second kappa shape index (κ2) is 20.6. The van der Waals surface area contributed by atoms with E-state index in [2.05, 4.69) is 55.4 Å². The summed E-state index contributed by atoms with van der Waals surface area (Å²) in [5, 5.41) is 0. The minimum Gasteiger partial charge on any atom is -0.0683 e. The highest BCUT2D eigenvalue weighted by atomic mass is 14.7. The van der Waals surface area contributed by atoms with Crippen molar-refractivity contribution in [1.29, 1.82) is 0 Å². The third-order valence-electron chi connectivity index (χ3n) is 8.22. The van der Waals surface area contributed by atoms with Crippen LogP contribution in [0.2, 0.25) is 0 Å². The van der Waals surface area contributed by atoms with Gasteiger partial charge in [0.05, 0.1) is 0 Å². The van der Waals surface area contributed by atoms with Crippen molar-refractivity contribution in [2.75, 3.05) is 0 Å². The van der Waals surface area contributed by atoms with E-state index < -0.39 is 0 Å². The molecule has 0 spiro atoms. The van der Waals surface area contributed by atoms with Gasteiger partial charge >= 0.3 is 0 Å². The van der Waals surface area contributed by atoms with Crippen LogP contribution in [0.3, 0.4) is 0 Å². The summed E-state index contributed by atoms with van der Waals surface area (Å²) in [6.07, 6.45) is 3.85. The minimum absolute atomic E-state index is 0.419. The Labute approximate surface area is 237 Å². The van der Waals surface area contributed by atoms with Gasteiger partial charge in [-0.2, -0.15) is 0 Å². The number of benzene rings is 1. The van der Waals surface area contributed by atoms with Gasteiger partial charge in [0.2, 0.25) is 0 Å². The number of fused-ring (bicyclic) bond motifs is 4. The smallest absolute Gasteiger partial charge is 0.000703 e. The fourth-order valence-electron chi connectivity index (χ4n) is 5.78. The maximum Gasteiger partial charge on any atom is -0.000703 e. The Hall–Kier alpha value is -1.30. The monoisotopic (exact) mass is 517 g/mol. The number of hydrogen-bond acceptors (Lipinski definition) is 0. The first-order chi connectivity index (χ1) is 17.6. The Kier molecular flexibility index (Phi) is 23.9. The van der Waals surface area contributed by atoms with Crippen molar-refractivity contribution < 1.29 is 0 Å². The predicted octanol–water partition coefficient (Wildman–Crippen LogP) is 13.6. The molecule has 4 rings (SSSR count). The third-order valence-corrected chi connectivity index (χ3v) is 8.22. The quantitative estimate of drug-likeness (QED) is 0.321. The van der Waals surface area contributed by atoms with Gasteiger partial charge in [-0.3, -0.25) is 0 Å². The molecule has 1 fully saturated rings. The predicted molar refractivity (Wildman–Crippen MR) is 179 cm³/mol. The van der Waals surface area contributed by atoms with E-state index in [1.165, 1.54) is 41.5 Å². The lowest BCUT2D eigenvalue weighted by Gasteiger charge is -2.38. The van der Waals surface area contributed by atoms with Crippen LogP contribution in [0.1, 0.15) is 171 Å². The molecule has 37 heavy (non-hydrogen) atoms. The fraction of sp³-hybridized carbons (Fsp3) is 0.730. The Balaban J connectivity index is -0.000000339. The molecule has 2 unspecified atom stereocenters. The number of rotatable bonds is 0. The molecule has 0 aromatic heterocycles. The van der Waals surface area contributed by atoms with E-state index >= 15 is 0 Å². The average molecular weight is 517 g/mol. The SMILES string of the molecule is CC.CC.CC.CC.CC.CC.CC.CC1=C(C)C2(C)CC2(C)C2=C1c1c(C)c(C)c(C)c(C)c1CC2. The standard InChI is InChI=1S/C23H30.7C2H6/c1-12-13(2)15(4)20-18(14(12)3)9-10-19-21(20)16(5)17(6)22(7)11-23(19,22)8;7*1-2/h9-11H2,1-8H3;7*1-2H3. The van der Waals surface area contributed by atoms with Gasteiger partial charge in [0.1, 0.15) is 0 Å². The number of hydrogen-bond donors (Lipinski definition) is 0. The Bertz CT molecular complexity index is 830. The van der Waals surface area contributed by atoms with Crippen molar-refractivity contribution in [3.05, 3.63) is 50.1 Å². The van der Waals surface area contributed by atoms with Crippen molar-refractivity contribution in [1.82, 2.24) is 0 Å². The summed E-state index contributed by atoms with van der Waals surface area (Å²) < 4.78 is 0. The molecular weight excluding hydrogens is 444 g/mol. The van der Waals surface area contributed by atoms with Crippen LogP contribution in [0.4, 0.5) is 0 Å². The van der Waals surface area contributed by atoms with E-state index in [9.17, 15) is 0 Å².